The van der Waals surface area contributed by atoms with Crippen molar-refractivity contribution < 1.29 is 9.84 Å². The molecular weight excluding hydrogens is 322 g/mol. The van der Waals surface area contributed by atoms with Gasteiger partial charge in [-0.15, -0.1) is 0 Å². The van der Waals surface area contributed by atoms with Crippen LogP contribution in [0.3, 0.4) is 0 Å². The first-order valence-electron chi connectivity index (χ1n) is 9.99. The van der Waals surface area contributed by atoms with Crippen LogP contribution in [-0.2, 0) is 11.3 Å². The van der Waals surface area contributed by atoms with E-state index in [1.54, 1.807) is 0 Å². The second kappa shape index (κ2) is 8.34. The summed E-state index contributed by atoms with van der Waals surface area (Å²) in [4.78, 5) is 2.48. The number of aliphatic hydroxyl groups is 1. The zero-order valence-electron chi connectivity index (χ0n) is 15.4. The van der Waals surface area contributed by atoms with E-state index in [1.165, 1.54) is 36.0 Å². The third-order valence-corrected chi connectivity index (χ3v) is 5.91. The van der Waals surface area contributed by atoms with Crippen molar-refractivity contribution in [3.05, 3.63) is 60.2 Å². The highest BCUT2D eigenvalue weighted by molar-refractivity contribution is 5.63. The van der Waals surface area contributed by atoms with Crippen molar-refractivity contribution in [2.24, 2.45) is 0 Å². The first-order chi connectivity index (χ1) is 12.8. The summed E-state index contributed by atoms with van der Waals surface area (Å²) < 4.78 is 6.09. The molecule has 0 amide bonds. The van der Waals surface area contributed by atoms with Crippen molar-refractivity contribution in [1.82, 2.24) is 4.90 Å². The van der Waals surface area contributed by atoms with Gasteiger partial charge in [-0.1, -0.05) is 61.0 Å². The van der Waals surface area contributed by atoms with Gasteiger partial charge >= 0.3 is 0 Å². The van der Waals surface area contributed by atoms with E-state index in [0.717, 1.165) is 25.9 Å². The van der Waals surface area contributed by atoms with E-state index in [2.05, 4.69) is 53.4 Å². The second-order valence-electron chi connectivity index (χ2n) is 7.64. The fourth-order valence-electron chi connectivity index (χ4n) is 4.38. The van der Waals surface area contributed by atoms with Crippen LogP contribution in [0.2, 0.25) is 0 Å². The third-order valence-electron chi connectivity index (χ3n) is 5.91. The van der Waals surface area contributed by atoms with Gasteiger partial charge < -0.3 is 9.84 Å². The molecular formula is C23H29NO2. The van der Waals surface area contributed by atoms with Crippen LogP contribution < -0.4 is 0 Å². The molecule has 2 aromatic carbocycles. The van der Waals surface area contributed by atoms with Gasteiger partial charge in [-0.2, -0.15) is 0 Å². The number of piperidine rings is 1. The summed E-state index contributed by atoms with van der Waals surface area (Å²) >= 11 is 0. The zero-order chi connectivity index (χ0) is 17.8. The van der Waals surface area contributed by atoms with Crippen molar-refractivity contribution in [3.8, 4) is 11.1 Å². The SMILES string of the molecule is O[C@H]1[C@H](OCc2ccc(-c3ccccc3)cc2)CC[C@@H]1N1CCCCC1. The average molecular weight is 351 g/mol. The van der Waals surface area contributed by atoms with Gasteiger partial charge in [-0.05, 0) is 55.5 Å². The molecule has 1 saturated heterocycles. The van der Waals surface area contributed by atoms with Crippen molar-refractivity contribution in [3.63, 3.8) is 0 Å². The quantitative estimate of drug-likeness (QED) is 0.874. The zero-order valence-corrected chi connectivity index (χ0v) is 15.4. The van der Waals surface area contributed by atoms with Gasteiger partial charge in [0.2, 0.25) is 0 Å². The van der Waals surface area contributed by atoms with Crippen LogP contribution in [-0.4, -0.2) is 41.3 Å². The Morgan fingerprint density at radius 1 is 0.846 bits per heavy atom. The molecule has 2 aromatic rings. The van der Waals surface area contributed by atoms with Crippen molar-refractivity contribution >= 4 is 0 Å². The predicted molar refractivity (Wildman–Crippen MR) is 105 cm³/mol. The summed E-state index contributed by atoms with van der Waals surface area (Å²) in [6.45, 7) is 2.84. The molecule has 0 spiro atoms. The summed E-state index contributed by atoms with van der Waals surface area (Å²) in [7, 11) is 0. The van der Waals surface area contributed by atoms with Crippen molar-refractivity contribution in [2.75, 3.05) is 13.1 Å². The molecule has 2 aliphatic rings. The largest absolute Gasteiger partial charge is 0.389 e. The molecule has 1 N–H and O–H groups in total. The lowest BCUT2D eigenvalue weighted by atomic mass is 10.0. The van der Waals surface area contributed by atoms with Crippen LogP contribution in [0.5, 0.6) is 0 Å². The molecule has 26 heavy (non-hydrogen) atoms. The van der Waals surface area contributed by atoms with E-state index in [0.29, 0.717) is 12.6 Å². The molecule has 0 unspecified atom stereocenters. The van der Waals surface area contributed by atoms with Gasteiger partial charge in [0, 0.05) is 6.04 Å². The van der Waals surface area contributed by atoms with E-state index in [4.69, 9.17) is 4.74 Å². The van der Waals surface area contributed by atoms with Crippen LogP contribution in [0.15, 0.2) is 54.6 Å². The van der Waals surface area contributed by atoms with E-state index >= 15 is 0 Å². The Hall–Kier alpha value is -1.68. The first kappa shape index (κ1) is 17.7. The maximum Gasteiger partial charge on any atom is 0.0956 e. The Kier molecular flexibility index (Phi) is 5.68. The number of ether oxygens (including phenoxy) is 1. The van der Waals surface area contributed by atoms with E-state index < -0.39 is 0 Å². The minimum Gasteiger partial charge on any atom is -0.389 e. The summed E-state index contributed by atoms with van der Waals surface area (Å²) in [5, 5.41) is 10.7. The summed E-state index contributed by atoms with van der Waals surface area (Å²) in [5.41, 5.74) is 3.62. The molecule has 3 nitrogen and oxygen atoms in total. The summed E-state index contributed by atoms with van der Waals surface area (Å²) in [6, 6.07) is 19.3. The topological polar surface area (TPSA) is 32.7 Å². The molecule has 1 saturated carbocycles. The number of benzene rings is 2. The van der Waals surface area contributed by atoms with Crippen LogP contribution in [0.1, 0.15) is 37.7 Å². The molecule has 1 heterocycles. The lowest BCUT2D eigenvalue weighted by Crippen LogP contribution is -2.46. The molecule has 1 aliphatic carbocycles. The number of likely N-dealkylation sites (tertiary alicyclic amines) is 1. The molecule has 0 bridgehead atoms. The molecule has 4 rings (SSSR count). The standard InChI is InChI=1S/C23H29NO2/c25-23-21(24-15-5-2-6-16-24)13-14-22(23)26-17-18-9-11-20(12-10-18)19-7-3-1-4-8-19/h1,3-4,7-12,21-23,25H,2,5-6,13-17H2/t21-,22+,23+/m0/s1. The molecule has 2 fully saturated rings. The fourth-order valence-corrected chi connectivity index (χ4v) is 4.38. The van der Waals surface area contributed by atoms with Gasteiger partial charge in [-0.3, -0.25) is 4.90 Å². The van der Waals surface area contributed by atoms with Gasteiger partial charge in [0.25, 0.3) is 0 Å². The number of hydrogen-bond acceptors (Lipinski definition) is 3. The molecule has 138 valence electrons. The highest BCUT2D eigenvalue weighted by atomic mass is 16.5. The minimum atomic E-state index is -0.350. The lowest BCUT2D eigenvalue weighted by molar-refractivity contribution is -0.0515. The van der Waals surface area contributed by atoms with Gasteiger partial charge in [0.05, 0.1) is 18.8 Å². The monoisotopic (exact) mass is 351 g/mol. The van der Waals surface area contributed by atoms with Crippen LogP contribution >= 0.6 is 0 Å². The van der Waals surface area contributed by atoms with E-state index in [9.17, 15) is 5.11 Å². The van der Waals surface area contributed by atoms with Crippen molar-refractivity contribution in [1.29, 1.82) is 0 Å². The Bertz CT molecular complexity index is 679. The van der Waals surface area contributed by atoms with E-state index in [1.807, 2.05) is 6.07 Å². The Morgan fingerprint density at radius 3 is 2.27 bits per heavy atom. The number of hydrogen-bond donors (Lipinski definition) is 1. The Balaban J connectivity index is 1.31. The third kappa shape index (κ3) is 4.01. The molecule has 0 radical (unpaired) electrons. The Morgan fingerprint density at radius 2 is 1.54 bits per heavy atom. The van der Waals surface area contributed by atoms with Crippen LogP contribution in [0, 0.1) is 0 Å². The summed E-state index contributed by atoms with van der Waals surface area (Å²) in [6.07, 6.45) is 5.50. The first-order valence-corrected chi connectivity index (χ1v) is 9.99. The van der Waals surface area contributed by atoms with Gasteiger partial charge in [0.1, 0.15) is 0 Å². The van der Waals surface area contributed by atoms with Crippen LogP contribution in [0.25, 0.3) is 11.1 Å². The second-order valence-corrected chi connectivity index (χ2v) is 7.64. The molecule has 0 aromatic heterocycles. The smallest absolute Gasteiger partial charge is 0.0956 e. The summed E-state index contributed by atoms with van der Waals surface area (Å²) in [5.74, 6) is 0. The molecule has 3 atom stereocenters. The molecule has 1 aliphatic heterocycles. The van der Waals surface area contributed by atoms with E-state index in [-0.39, 0.29) is 12.2 Å². The predicted octanol–water partition coefficient (Wildman–Crippen LogP) is 4.25. The number of rotatable bonds is 5. The average Bonchev–Trinajstić information content (AvgIpc) is 3.08. The Labute approximate surface area is 156 Å². The maximum atomic E-state index is 10.7. The maximum absolute atomic E-state index is 10.7. The highest BCUT2D eigenvalue weighted by Gasteiger charge is 2.39. The van der Waals surface area contributed by atoms with Gasteiger partial charge in [-0.25, -0.2) is 0 Å². The van der Waals surface area contributed by atoms with Gasteiger partial charge in [0.15, 0.2) is 0 Å². The van der Waals surface area contributed by atoms with Crippen molar-refractivity contribution in [2.45, 2.75) is 57.0 Å². The van der Waals surface area contributed by atoms with Crippen LogP contribution in [0.4, 0.5) is 0 Å². The normalized spacial score (nSPS) is 26.9. The number of aliphatic hydroxyl groups excluding tert-OH is 1. The lowest BCUT2D eigenvalue weighted by Gasteiger charge is -2.34. The highest BCUT2D eigenvalue weighted by Crippen LogP contribution is 2.30. The molecule has 3 heteroatoms. The number of nitrogens with zero attached hydrogens (tertiary/aromatic N) is 1. The fraction of sp³-hybridized carbons (Fsp3) is 0.478. The minimum absolute atomic E-state index is 0.0317.